The fourth-order valence-corrected chi connectivity index (χ4v) is 14.0. The minimum Gasteiger partial charge on any atom is -0.488 e. The molecule has 0 spiro atoms. The summed E-state index contributed by atoms with van der Waals surface area (Å²) in [5.74, 6) is -6.31. The molecule has 0 unspecified atom stereocenters. The summed E-state index contributed by atoms with van der Waals surface area (Å²) in [7, 11) is 1.22. The van der Waals surface area contributed by atoms with Gasteiger partial charge in [-0.15, -0.1) is 0 Å². The molecule has 1 aliphatic rings. The molecule has 10 rings (SSSR count). The molecule has 0 radical (unpaired) electrons. The average molecular weight is 1570 g/mol. The smallest absolute Gasteiger partial charge is 0.419 e. The second-order valence-electron chi connectivity index (χ2n) is 33.4. The number of ether oxygens (including phenoxy) is 5. The number of esters is 1. The fraction of sp³-hybridized carbons (Fsp3) is 0.404. The van der Waals surface area contributed by atoms with Crippen LogP contribution in [0, 0.1) is 5.92 Å². The van der Waals surface area contributed by atoms with Crippen LogP contribution in [0.25, 0.3) is 21.8 Å². The van der Waals surface area contributed by atoms with Crippen molar-refractivity contribution in [1.29, 1.82) is 0 Å². The van der Waals surface area contributed by atoms with Crippen molar-refractivity contribution in [3.8, 4) is 5.75 Å². The number of carbonyl (C=O) groups excluding carboxylic acids is 10. The van der Waals surface area contributed by atoms with E-state index in [9.17, 15) is 24.0 Å². The van der Waals surface area contributed by atoms with Crippen LogP contribution in [0.4, 0.5) is 9.59 Å². The number of aromatic amines is 1. The highest BCUT2D eigenvalue weighted by molar-refractivity contribution is 6.03. The van der Waals surface area contributed by atoms with Gasteiger partial charge >= 0.3 is 18.2 Å². The first-order chi connectivity index (χ1) is 54.4. The number of carbonyl (C=O) groups is 10. The van der Waals surface area contributed by atoms with Crippen molar-refractivity contribution in [2.45, 2.75) is 212 Å². The number of nitrogens with one attached hydrogen (secondary N) is 7. The number of amides is 8. The second-order valence-corrected chi connectivity index (χ2v) is 33.4. The Hall–Kier alpha value is -11.9. The van der Waals surface area contributed by atoms with Gasteiger partial charge in [-0.2, -0.15) is 0 Å². The molecule has 7 atom stereocenters. The van der Waals surface area contributed by atoms with E-state index in [1.807, 2.05) is 154 Å². The number of rotatable bonds is 30. The summed E-state index contributed by atoms with van der Waals surface area (Å²) in [5.41, 5.74) is 0.814. The molecular formula is C89H107N11O15. The first-order valence-electron chi connectivity index (χ1n) is 38.8. The van der Waals surface area contributed by atoms with Crippen molar-refractivity contribution >= 4 is 81.3 Å². The zero-order valence-electron chi connectivity index (χ0n) is 68.1. The maximum atomic E-state index is 16.1. The Morgan fingerprint density at radius 2 is 0.983 bits per heavy atom. The fourth-order valence-electron chi connectivity index (χ4n) is 14.0. The molecule has 1 saturated heterocycles. The van der Waals surface area contributed by atoms with Gasteiger partial charge in [-0.05, 0) is 159 Å². The Kier molecular flexibility index (Phi) is 27.1. The number of imide groups is 1. The number of fused-ring (bicyclic) bond motifs is 2. The summed E-state index contributed by atoms with van der Waals surface area (Å²) >= 11 is 0. The van der Waals surface area contributed by atoms with Gasteiger partial charge in [-0.25, -0.2) is 24.3 Å². The lowest BCUT2D eigenvalue weighted by Gasteiger charge is -2.37. The monoisotopic (exact) mass is 1570 g/mol. The van der Waals surface area contributed by atoms with Crippen molar-refractivity contribution in [2.24, 2.45) is 5.92 Å². The third-order valence-corrected chi connectivity index (χ3v) is 19.2. The predicted octanol–water partition coefficient (Wildman–Crippen LogP) is 11.3. The molecule has 1 aliphatic heterocycles. The molecule has 1 fully saturated rings. The molecule has 8 amide bonds. The highest BCUT2D eigenvalue weighted by atomic mass is 16.6. The maximum absolute atomic E-state index is 16.1. The van der Waals surface area contributed by atoms with Crippen LogP contribution in [0.1, 0.15) is 155 Å². The number of H-pyrrole nitrogens is 1. The second kappa shape index (κ2) is 36.5. The van der Waals surface area contributed by atoms with Gasteiger partial charge in [0.25, 0.3) is 0 Å². The van der Waals surface area contributed by atoms with Gasteiger partial charge in [0.2, 0.25) is 41.4 Å². The van der Waals surface area contributed by atoms with Crippen LogP contribution in [0.5, 0.6) is 5.75 Å². The molecule has 7 N–H and O–H groups in total. The van der Waals surface area contributed by atoms with Gasteiger partial charge in [-0.3, -0.25) is 38.1 Å². The Bertz CT molecular complexity index is 4830. The Morgan fingerprint density at radius 3 is 1.51 bits per heavy atom. The average Bonchev–Trinajstić information content (AvgIpc) is 1.72. The number of likely N-dealkylation sites (tertiary alicyclic amines) is 1. The van der Waals surface area contributed by atoms with E-state index in [4.69, 9.17) is 28.7 Å². The summed E-state index contributed by atoms with van der Waals surface area (Å²) in [5, 5.41) is 18.5. The van der Waals surface area contributed by atoms with E-state index in [0.29, 0.717) is 33.3 Å². The van der Waals surface area contributed by atoms with Gasteiger partial charge in [0.1, 0.15) is 70.4 Å². The van der Waals surface area contributed by atoms with Gasteiger partial charge < -0.3 is 65.1 Å². The summed E-state index contributed by atoms with van der Waals surface area (Å²) in [6, 6.07) is 40.0. The SMILES string of the molecule is COC(=O)[C@H](CC(C)C)NC(=O)[C@@H](Cc1c[nH]c2ccccc12)NC(=O)[C@H](Cc1ccc(OC(C)(C)C)cc1)NC(=O)[C@H](COC(C)(C)C)NC(=O)[C@H](Cc1cn(C(=O)OC(C)(C)C)c2ccccc12)NC(=O)[C@H](Cc1cn(C(c2ccccc2)(c2ccccc2)c2ccccc2)cn1)NC(=O)[C@@H]1CCC(=O)N1C(=O)OC(C)(C)C. The van der Waals surface area contributed by atoms with Gasteiger partial charge in [0.05, 0.1) is 36.9 Å². The minimum absolute atomic E-state index is 0.0740. The summed E-state index contributed by atoms with van der Waals surface area (Å²) in [6.45, 7) is 24.1. The largest absolute Gasteiger partial charge is 0.488 e. The van der Waals surface area contributed by atoms with Crippen LogP contribution in [0.15, 0.2) is 189 Å². The molecule has 26 nitrogen and oxygen atoms in total. The van der Waals surface area contributed by atoms with Crippen molar-refractivity contribution in [3.63, 3.8) is 0 Å². The quantitative estimate of drug-likeness (QED) is 0.0125. The molecular weight excluding hydrogens is 1460 g/mol. The van der Waals surface area contributed by atoms with E-state index < -0.39 is 143 Å². The number of methoxy groups -OCH3 is 1. The van der Waals surface area contributed by atoms with Crippen molar-refractivity contribution in [3.05, 3.63) is 228 Å². The number of hydrogen-bond acceptors (Lipinski definition) is 16. The van der Waals surface area contributed by atoms with Crippen LogP contribution in [0.3, 0.4) is 0 Å². The van der Waals surface area contributed by atoms with Crippen LogP contribution >= 0.6 is 0 Å². The van der Waals surface area contributed by atoms with Crippen LogP contribution < -0.4 is 36.6 Å². The van der Waals surface area contributed by atoms with Crippen LogP contribution in [0.2, 0.25) is 0 Å². The number of aromatic nitrogens is 4. The molecule has 26 heteroatoms. The molecule has 115 heavy (non-hydrogen) atoms. The number of benzene rings is 6. The Labute approximate surface area is 670 Å². The van der Waals surface area contributed by atoms with E-state index in [-0.39, 0.29) is 50.1 Å². The lowest BCUT2D eigenvalue weighted by Crippen LogP contribution is -2.61. The van der Waals surface area contributed by atoms with Gasteiger partial charge in [0, 0.05) is 67.0 Å². The molecule has 3 aromatic heterocycles. The predicted molar refractivity (Wildman–Crippen MR) is 435 cm³/mol. The third-order valence-electron chi connectivity index (χ3n) is 19.2. The summed E-state index contributed by atoms with van der Waals surface area (Å²) in [4.78, 5) is 157. The normalized spacial score (nSPS) is 15.0. The van der Waals surface area contributed by atoms with E-state index in [1.165, 1.54) is 17.9 Å². The van der Waals surface area contributed by atoms with E-state index in [2.05, 4.69) is 36.9 Å². The number of imidazole rings is 1. The van der Waals surface area contributed by atoms with Gasteiger partial charge in [-0.1, -0.05) is 153 Å². The number of para-hydroxylation sites is 2. The topological polar surface area (TPSA) is 331 Å². The van der Waals surface area contributed by atoms with Crippen LogP contribution in [-0.4, -0.2) is 162 Å². The first-order valence-corrected chi connectivity index (χ1v) is 38.8. The highest BCUT2D eigenvalue weighted by Gasteiger charge is 2.45. The molecule has 608 valence electrons. The molecule has 0 bridgehead atoms. The van der Waals surface area contributed by atoms with E-state index in [0.717, 1.165) is 32.5 Å². The van der Waals surface area contributed by atoms with Crippen LogP contribution in [-0.2, 0) is 88.5 Å². The summed E-state index contributed by atoms with van der Waals surface area (Å²) in [6.07, 6.45) is 3.58. The summed E-state index contributed by atoms with van der Waals surface area (Å²) < 4.78 is 32.3. The first kappa shape index (κ1) is 85.5. The molecule has 0 aliphatic carbocycles. The Morgan fingerprint density at radius 1 is 0.504 bits per heavy atom. The molecule has 4 heterocycles. The van der Waals surface area contributed by atoms with Crippen molar-refractivity contribution in [2.75, 3.05) is 13.7 Å². The van der Waals surface area contributed by atoms with Crippen molar-refractivity contribution < 1.29 is 71.6 Å². The van der Waals surface area contributed by atoms with Crippen molar-refractivity contribution in [1.82, 2.24) is 55.9 Å². The zero-order chi connectivity index (χ0) is 83.3. The number of nitrogens with zero attached hydrogens (tertiary/aromatic N) is 4. The molecule has 0 saturated carbocycles. The zero-order valence-corrected chi connectivity index (χ0v) is 68.1. The standard InChI is InChI=1S/C89H107N11O15/c1-55(2)45-71(82(108)111-15)96-77(103)68(47-57-50-90-66-37-27-25-35-64(57)66)93-76(102)67(46-56-39-41-63(42-40-56)113-86(6,7)8)92-80(106)72(53-112-85(3,4)5)97-78(104)69(48-58-51-99(83(109)114-87(9,10)11)73-38-28-26-36-65(58)73)94-79(105)70(95-81(107)74-43-44-75(101)100(74)84(110)115-88(12,13)14)49-62-52-98(54-91-62)89(59-29-19-16-20-30-59,60-31-21-17-22-32-60)61-33-23-18-24-34-61/h16-42,50-52,54-55,67-72,74,90H,43-49,53H2,1-15H3,(H,92,106)(H,93,102)(H,94,105)(H,95,107)(H,96,103)(H,97,104)/t67-,68+,69-,70-,71-,72-,74-/m0/s1. The lowest BCUT2D eigenvalue weighted by molar-refractivity contribution is -0.146. The number of hydrogen-bond donors (Lipinski definition) is 7. The lowest BCUT2D eigenvalue weighted by atomic mass is 9.77. The van der Waals surface area contributed by atoms with Gasteiger partial charge in [0.15, 0.2) is 0 Å². The maximum Gasteiger partial charge on any atom is 0.419 e. The minimum atomic E-state index is -1.72. The molecule has 9 aromatic rings. The highest BCUT2D eigenvalue weighted by Crippen LogP contribution is 2.41. The molecule has 6 aromatic carbocycles. The van der Waals surface area contributed by atoms with E-state index >= 15 is 24.0 Å². The third kappa shape index (κ3) is 22.3. The Balaban J connectivity index is 1.06. The van der Waals surface area contributed by atoms with E-state index in [1.54, 1.807) is 130 Å².